The van der Waals surface area contributed by atoms with Crippen LogP contribution in [0.25, 0.3) is 0 Å². The molecule has 6 fully saturated rings. The minimum atomic E-state index is -1.47. The first-order valence-corrected chi connectivity index (χ1v) is 13.6. The zero-order chi connectivity index (χ0) is 25.0. The van der Waals surface area contributed by atoms with Gasteiger partial charge in [0.25, 0.3) is 0 Å². The number of allylic oxidation sites excluding steroid dienone is 1. The van der Waals surface area contributed by atoms with Crippen molar-refractivity contribution in [3.8, 4) is 0 Å². The largest absolute Gasteiger partial charge is 0.386 e. The molecule has 2 bridgehead atoms. The topological polar surface area (TPSA) is 109 Å². The molecule has 3 aliphatic heterocycles. The molecule has 14 unspecified atom stereocenters. The van der Waals surface area contributed by atoms with Crippen molar-refractivity contribution in [1.82, 2.24) is 0 Å². The fourth-order valence-corrected chi connectivity index (χ4v) is 10.4. The Labute approximate surface area is 207 Å². The summed E-state index contributed by atoms with van der Waals surface area (Å²) in [4.78, 5) is 13.4. The third kappa shape index (κ3) is 2.35. The van der Waals surface area contributed by atoms with Crippen LogP contribution in [0.2, 0.25) is 0 Å². The van der Waals surface area contributed by atoms with Crippen LogP contribution in [0, 0.1) is 34.5 Å². The van der Waals surface area contributed by atoms with Gasteiger partial charge in [0.15, 0.2) is 12.1 Å². The van der Waals surface area contributed by atoms with Crippen molar-refractivity contribution in [2.24, 2.45) is 34.5 Å². The molecule has 14 atom stereocenters. The van der Waals surface area contributed by atoms with Crippen LogP contribution < -0.4 is 0 Å². The molecular formula is C28H40O7. The SMILES string of the molecule is CC1C2(C)CC(OC13CCC1C4C5OC5C5(O)CC=CC(=O)C5(C)C4CCC13C)C(C)(O)C(O)O2. The second-order valence-corrected chi connectivity index (χ2v) is 13.8. The molecule has 0 amide bonds. The predicted octanol–water partition coefficient (Wildman–Crippen LogP) is 2.50. The van der Waals surface area contributed by atoms with E-state index in [0.717, 1.165) is 25.7 Å². The summed E-state index contributed by atoms with van der Waals surface area (Å²) in [5, 5.41) is 33.5. The molecule has 7 nitrogen and oxygen atoms in total. The van der Waals surface area contributed by atoms with Gasteiger partial charge in [0.1, 0.15) is 17.3 Å². The van der Waals surface area contributed by atoms with E-state index in [4.69, 9.17) is 14.2 Å². The number of epoxide rings is 1. The van der Waals surface area contributed by atoms with Crippen molar-refractivity contribution >= 4 is 5.78 Å². The predicted molar refractivity (Wildman–Crippen MR) is 125 cm³/mol. The first-order valence-electron chi connectivity index (χ1n) is 13.6. The van der Waals surface area contributed by atoms with E-state index in [1.54, 1.807) is 13.0 Å². The summed E-state index contributed by atoms with van der Waals surface area (Å²) in [6, 6.07) is 0. The number of hydrogen-bond donors (Lipinski definition) is 3. The van der Waals surface area contributed by atoms with Crippen molar-refractivity contribution < 1.29 is 34.3 Å². The molecule has 35 heavy (non-hydrogen) atoms. The van der Waals surface area contributed by atoms with E-state index in [9.17, 15) is 20.1 Å². The molecule has 7 aliphatic rings. The monoisotopic (exact) mass is 488 g/mol. The number of aliphatic hydroxyl groups is 3. The van der Waals surface area contributed by atoms with Crippen LogP contribution in [-0.2, 0) is 19.0 Å². The van der Waals surface area contributed by atoms with Crippen LogP contribution in [0.15, 0.2) is 12.2 Å². The lowest BCUT2D eigenvalue weighted by molar-refractivity contribution is -0.400. The van der Waals surface area contributed by atoms with Gasteiger partial charge in [-0.1, -0.05) is 19.9 Å². The average molecular weight is 489 g/mol. The second kappa shape index (κ2) is 6.41. The molecule has 0 aromatic carbocycles. The van der Waals surface area contributed by atoms with E-state index < -0.39 is 40.2 Å². The maximum absolute atomic E-state index is 13.4. The van der Waals surface area contributed by atoms with Crippen LogP contribution in [0.4, 0.5) is 0 Å². The molecule has 0 aromatic heterocycles. The van der Waals surface area contributed by atoms with E-state index in [1.807, 2.05) is 13.0 Å². The minimum absolute atomic E-state index is 0.0210. The Hall–Kier alpha value is -0.830. The highest BCUT2D eigenvalue weighted by molar-refractivity contribution is 5.97. The maximum atomic E-state index is 13.4. The standard InChI is InChI=1S/C28H40O7/c1-14-24(3)13-18(26(5,31)22(30)35-24)34-28(14)12-9-15-19-16(8-11-23(15,28)2)25(4)17(29)7-6-10-27(25,32)21-20(19)33-21/h6-7,14-16,18-22,30-32H,8-13H2,1-5H3. The molecule has 194 valence electrons. The molecule has 4 aliphatic carbocycles. The van der Waals surface area contributed by atoms with E-state index >= 15 is 0 Å². The van der Waals surface area contributed by atoms with Gasteiger partial charge in [-0.2, -0.15) is 0 Å². The minimum Gasteiger partial charge on any atom is -0.386 e. The number of ether oxygens (including phenoxy) is 3. The Bertz CT molecular complexity index is 1020. The molecular weight excluding hydrogens is 448 g/mol. The molecule has 3 saturated carbocycles. The fraction of sp³-hybridized carbons (Fsp3) is 0.893. The second-order valence-electron chi connectivity index (χ2n) is 13.8. The van der Waals surface area contributed by atoms with Crippen molar-refractivity contribution in [3.63, 3.8) is 0 Å². The van der Waals surface area contributed by atoms with Gasteiger partial charge in [-0.15, -0.1) is 0 Å². The molecule has 0 aromatic rings. The van der Waals surface area contributed by atoms with Crippen molar-refractivity contribution in [3.05, 3.63) is 12.2 Å². The number of carbonyl (C=O) groups is 1. The first kappa shape index (κ1) is 23.3. The number of aliphatic hydroxyl groups excluding tert-OH is 1. The van der Waals surface area contributed by atoms with Crippen LogP contribution in [0.3, 0.4) is 0 Å². The Balaban J connectivity index is 1.30. The molecule has 3 saturated heterocycles. The first-order chi connectivity index (χ1) is 16.3. The summed E-state index contributed by atoms with van der Waals surface area (Å²) >= 11 is 0. The number of hydrogen-bond acceptors (Lipinski definition) is 7. The van der Waals surface area contributed by atoms with Gasteiger partial charge in [-0.3, -0.25) is 4.79 Å². The van der Waals surface area contributed by atoms with Crippen LogP contribution in [0.5, 0.6) is 0 Å². The Morgan fingerprint density at radius 1 is 1.03 bits per heavy atom. The Kier molecular flexibility index (Phi) is 4.27. The average Bonchev–Trinajstić information content (AvgIpc) is 3.54. The molecule has 7 rings (SSSR count). The normalized spacial score (nSPS) is 66.5. The highest BCUT2D eigenvalue weighted by atomic mass is 16.7. The lowest BCUT2D eigenvalue weighted by Gasteiger charge is -2.66. The molecule has 1 spiro atoms. The molecule has 3 N–H and O–H groups in total. The zero-order valence-electron chi connectivity index (χ0n) is 21.5. The number of ketones is 1. The molecule has 0 radical (unpaired) electrons. The number of fused-ring (bicyclic) bond motifs is 11. The van der Waals surface area contributed by atoms with Gasteiger partial charge in [0.2, 0.25) is 0 Å². The Morgan fingerprint density at radius 2 is 1.74 bits per heavy atom. The highest BCUT2D eigenvalue weighted by Gasteiger charge is 2.80. The van der Waals surface area contributed by atoms with Gasteiger partial charge in [0, 0.05) is 17.8 Å². The van der Waals surface area contributed by atoms with E-state index in [1.165, 1.54) is 0 Å². The molecule has 7 heteroatoms. The van der Waals surface area contributed by atoms with Gasteiger partial charge < -0.3 is 29.5 Å². The smallest absolute Gasteiger partial charge is 0.186 e. The summed E-state index contributed by atoms with van der Waals surface area (Å²) in [5.74, 6) is 0.605. The van der Waals surface area contributed by atoms with Crippen molar-refractivity contribution in [1.29, 1.82) is 0 Å². The quantitative estimate of drug-likeness (QED) is 0.450. The van der Waals surface area contributed by atoms with Crippen LogP contribution >= 0.6 is 0 Å². The molecule has 3 heterocycles. The van der Waals surface area contributed by atoms with Crippen LogP contribution in [-0.4, -0.2) is 68.1 Å². The summed E-state index contributed by atoms with van der Waals surface area (Å²) in [7, 11) is 0. The van der Waals surface area contributed by atoms with Crippen LogP contribution in [0.1, 0.15) is 73.1 Å². The third-order valence-corrected chi connectivity index (χ3v) is 12.8. The zero-order valence-corrected chi connectivity index (χ0v) is 21.5. The lowest BCUT2D eigenvalue weighted by atomic mass is 9.42. The highest BCUT2D eigenvalue weighted by Crippen LogP contribution is 2.74. The fourth-order valence-electron chi connectivity index (χ4n) is 10.4. The number of carbonyl (C=O) groups excluding carboxylic acids is 1. The van der Waals surface area contributed by atoms with Gasteiger partial charge in [-0.05, 0) is 76.7 Å². The van der Waals surface area contributed by atoms with Crippen molar-refractivity contribution in [2.75, 3.05) is 0 Å². The van der Waals surface area contributed by atoms with Gasteiger partial charge in [0.05, 0.1) is 28.8 Å². The van der Waals surface area contributed by atoms with E-state index in [2.05, 4.69) is 20.8 Å². The summed E-state index contributed by atoms with van der Waals surface area (Å²) < 4.78 is 19.4. The van der Waals surface area contributed by atoms with Gasteiger partial charge >= 0.3 is 0 Å². The third-order valence-electron chi connectivity index (χ3n) is 12.8. The Morgan fingerprint density at radius 3 is 2.49 bits per heavy atom. The van der Waals surface area contributed by atoms with E-state index in [-0.39, 0.29) is 47.1 Å². The summed E-state index contributed by atoms with van der Waals surface area (Å²) in [5.41, 5.74) is -4.72. The van der Waals surface area contributed by atoms with E-state index in [0.29, 0.717) is 12.8 Å². The summed E-state index contributed by atoms with van der Waals surface area (Å²) in [6.07, 6.45) is 5.95. The van der Waals surface area contributed by atoms with Crippen molar-refractivity contribution in [2.45, 2.75) is 120 Å². The maximum Gasteiger partial charge on any atom is 0.186 e. The number of rotatable bonds is 0. The lowest BCUT2D eigenvalue weighted by Crippen LogP contribution is -2.75. The summed E-state index contributed by atoms with van der Waals surface area (Å²) in [6.45, 7) is 10.2. The van der Waals surface area contributed by atoms with Gasteiger partial charge in [-0.25, -0.2) is 0 Å².